The first-order valence-electron chi connectivity index (χ1n) is 5.55. The lowest BCUT2D eigenvalue weighted by molar-refractivity contribution is 0.406. The number of hydrogen-bond donors (Lipinski definition) is 2. The summed E-state index contributed by atoms with van der Waals surface area (Å²) in [5.41, 5.74) is 13.0. The van der Waals surface area contributed by atoms with Gasteiger partial charge in [0.05, 0.1) is 12.8 Å². The van der Waals surface area contributed by atoms with E-state index in [1.165, 1.54) is 0 Å². The van der Waals surface area contributed by atoms with Crippen molar-refractivity contribution in [2.75, 3.05) is 18.6 Å². The maximum Gasteiger partial charge on any atom is 0.221 e. The fraction of sp³-hybridized carbons (Fsp3) is 0.250. The molecule has 0 spiro atoms. The second-order valence-corrected chi connectivity index (χ2v) is 3.79. The Morgan fingerprint density at radius 2 is 2.06 bits per heavy atom. The number of methoxy groups -OCH3 is 1. The van der Waals surface area contributed by atoms with Gasteiger partial charge in [0.15, 0.2) is 0 Å². The molecule has 0 atom stereocenters. The number of rotatable bonds is 4. The summed E-state index contributed by atoms with van der Waals surface area (Å²) in [7, 11) is 1.63. The molecule has 0 amide bonds. The minimum Gasteiger partial charge on any atom is -0.495 e. The molecule has 0 aliphatic rings. The van der Waals surface area contributed by atoms with Gasteiger partial charge in [0, 0.05) is 18.0 Å². The Morgan fingerprint density at radius 1 is 1.22 bits per heavy atom. The van der Waals surface area contributed by atoms with Gasteiger partial charge in [0.2, 0.25) is 5.95 Å². The minimum atomic E-state index is 0.187. The Bertz CT molecular complexity index is 544. The van der Waals surface area contributed by atoms with Crippen LogP contribution in [0.3, 0.4) is 0 Å². The summed E-state index contributed by atoms with van der Waals surface area (Å²) < 4.78 is 5.24. The highest BCUT2D eigenvalue weighted by Crippen LogP contribution is 2.18. The van der Waals surface area contributed by atoms with Crippen LogP contribution in [0.4, 0.5) is 11.8 Å². The van der Waals surface area contributed by atoms with Gasteiger partial charge >= 0.3 is 0 Å². The molecule has 4 N–H and O–H groups in total. The smallest absolute Gasteiger partial charge is 0.221 e. The van der Waals surface area contributed by atoms with E-state index in [9.17, 15) is 0 Å². The number of aromatic nitrogens is 3. The van der Waals surface area contributed by atoms with Crippen molar-refractivity contribution in [1.29, 1.82) is 0 Å². The van der Waals surface area contributed by atoms with Crippen LogP contribution in [0.15, 0.2) is 24.5 Å². The van der Waals surface area contributed by atoms with Crippen molar-refractivity contribution >= 4 is 11.8 Å². The number of aryl methyl sites for hydroxylation is 2. The largest absolute Gasteiger partial charge is 0.495 e. The molecule has 94 valence electrons. The van der Waals surface area contributed by atoms with Crippen molar-refractivity contribution in [3.8, 4) is 5.75 Å². The number of nitrogens with zero attached hydrogens (tertiary/aromatic N) is 3. The molecule has 18 heavy (non-hydrogen) atoms. The molecule has 0 aliphatic heterocycles. The molecule has 2 rings (SSSR count). The molecule has 0 unspecified atom stereocenters. The standard InChI is InChI=1S/C12H15N5O/c1-18-10-3-2-6-15-9(10)5-4-8-7-16-12(14)17-11(8)13/h2-3,6-7H,4-5H2,1H3,(H4,13,14,16,17). The second-order valence-electron chi connectivity index (χ2n) is 3.79. The summed E-state index contributed by atoms with van der Waals surface area (Å²) in [5.74, 6) is 1.37. The zero-order chi connectivity index (χ0) is 13.0. The van der Waals surface area contributed by atoms with E-state index in [4.69, 9.17) is 16.2 Å². The van der Waals surface area contributed by atoms with Crippen LogP contribution in [0.2, 0.25) is 0 Å². The summed E-state index contributed by atoms with van der Waals surface area (Å²) in [5, 5.41) is 0. The van der Waals surface area contributed by atoms with Gasteiger partial charge in [-0.1, -0.05) is 0 Å². The lowest BCUT2D eigenvalue weighted by Gasteiger charge is -2.08. The molecule has 2 aromatic rings. The summed E-state index contributed by atoms with van der Waals surface area (Å²) >= 11 is 0. The number of nitrogens with two attached hydrogens (primary N) is 2. The third-order valence-electron chi connectivity index (χ3n) is 2.62. The van der Waals surface area contributed by atoms with Crippen LogP contribution in [-0.4, -0.2) is 22.1 Å². The molecular weight excluding hydrogens is 230 g/mol. The van der Waals surface area contributed by atoms with Crippen molar-refractivity contribution in [2.24, 2.45) is 0 Å². The van der Waals surface area contributed by atoms with Crippen LogP contribution in [-0.2, 0) is 12.8 Å². The van der Waals surface area contributed by atoms with E-state index >= 15 is 0 Å². The van der Waals surface area contributed by atoms with Crippen molar-refractivity contribution < 1.29 is 4.74 Å². The molecule has 0 saturated heterocycles. The molecule has 0 bridgehead atoms. The molecule has 6 heteroatoms. The van der Waals surface area contributed by atoms with Crippen molar-refractivity contribution in [3.05, 3.63) is 35.8 Å². The summed E-state index contributed by atoms with van der Waals surface area (Å²) in [6.45, 7) is 0. The van der Waals surface area contributed by atoms with Gasteiger partial charge in [-0.2, -0.15) is 4.98 Å². The van der Waals surface area contributed by atoms with Crippen LogP contribution in [0.1, 0.15) is 11.3 Å². The molecule has 0 radical (unpaired) electrons. The normalized spacial score (nSPS) is 10.3. The SMILES string of the molecule is COc1cccnc1CCc1cnc(N)nc1N. The van der Waals surface area contributed by atoms with E-state index < -0.39 is 0 Å². The summed E-state index contributed by atoms with van der Waals surface area (Å²) in [6.07, 6.45) is 4.79. The monoisotopic (exact) mass is 245 g/mol. The molecule has 0 saturated carbocycles. The Labute approximate surface area is 105 Å². The first-order valence-corrected chi connectivity index (χ1v) is 5.55. The number of ether oxygens (including phenoxy) is 1. The van der Waals surface area contributed by atoms with Crippen LogP contribution in [0, 0.1) is 0 Å². The van der Waals surface area contributed by atoms with Crippen LogP contribution >= 0.6 is 0 Å². The van der Waals surface area contributed by atoms with E-state index in [1.807, 2.05) is 12.1 Å². The Balaban J connectivity index is 2.11. The Morgan fingerprint density at radius 3 is 2.78 bits per heavy atom. The summed E-state index contributed by atoms with van der Waals surface area (Å²) in [6, 6.07) is 3.72. The molecule has 2 aromatic heterocycles. The fourth-order valence-corrected chi connectivity index (χ4v) is 1.68. The van der Waals surface area contributed by atoms with E-state index in [0.29, 0.717) is 18.7 Å². The fourth-order valence-electron chi connectivity index (χ4n) is 1.68. The predicted octanol–water partition coefficient (Wildman–Crippen LogP) is 0.830. The summed E-state index contributed by atoms with van der Waals surface area (Å²) in [4.78, 5) is 12.1. The van der Waals surface area contributed by atoms with E-state index in [1.54, 1.807) is 19.5 Å². The van der Waals surface area contributed by atoms with Gasteiger partial charge in [-0.3, -0.25) is 4.98 Å². The first kappa shape index (κ1) is 12.1. The number of nitrogen functional groups attached to an aromatic ring is 2. The van der Waals surface area contributed by atoms with Gasteiger partial charge in [-0.25, -0.2) is 4.98 Å². The highest BCUT2D eigenvalue weighted by molar-refractivity contribution is 5.42. The van der Waals surface area contributed by atoms with Crippen LogP contribution in [0.5, 0.6) is 5.75 Å². The molecule has 0 aromatic carbocycles. The molecular formula is C12H15N5O. The minimum absolute atomic E-state index is 0.187. The predicted molar refractivity (Wildman–Crippen MR) is 69.1 cm³/mol. The van der Waals surface area contributed by atoms with Gasteiger partial charge in [0.1, 0.15) is 11.6 Å². The second kappa shape index (κ2) is 5.31. The molecule has 0 aliphatic carbocycles. The molecule has 0 fully saturated rings. The first-order chi connectivity index (χ1) is 8.70. The third kappa shape index (κ3) is 2.65. The number of pyridine rings is 1. The van der Waals surface area contributed by atoms with Crippen LogP contribution in [0.25, 0.3) is 0 Å². The van der Waals surface area contributed by atoms with Crippen LogP contribution < -0.4 is 16.2 Å². The highest BCUT2D eigenvalue weighted by atomic mass is 16.5. The number of hydrogen-bond acceptors (Lipinski definition) is 6. The molecule has 2 heterocycles. The zero-order valence-corrected chi connectivity index (χ0v) is 10.1. The van der Waals surface area contributed by atoms with Gasteiger partial charge in [-0.05, 0) is 25.0 Å². The van der Waals surface area contributed by atoms with Gasteiger partial charge in [0.25, 0.3) is 0 Å². The topological polar surface area (TPSA) is 99.9 Å². The van der Waals surface area contributed by atoms with Crippen molar-refractivity contribution in [2.45, 2.75) is 12.8 Å². The van der Waals surface area contributed by atoms with Gasteiger partial charge in [-0.15, -0.1) is 0 Å². The third-order valence-corrected chi connectivity index (χ3v) is 2.62. The zero-order valence-electron chi connectivity index (χ0n) is 10.1. The van der Waals surface area contributed by atoms with Crippen molar-refractivity contribution in [3.63, 3.8) is 0 Å². The maximum absolute atomic E-state index is 5.77. The Kier molecular flexibility index (Phi) is 3.57. The van der Waals surface area contributed by atoms with Gasteiger partial charge < -0.3 is 16.2 Å². The van der Waals surface area contributed by atoms with Crippen molar-refractivity contribution in [1.82, 2.24) is 15.0 Å². The highest BCUT2D eigenvalue weighted by Gasteiger charge is 2.07. The quantitative estimate of drug-likeness (QED) is 0.827. The lowest BCUT2D eigenvalue weighted by atomic mass is 10.1. The van der Waals surface area contributed by atoms with E-state index in [-0.39, 0.29) is 5.95 Å². The lowest BCUT2D eigenvalue weighted by Crippen LogP contribution is -2.05. The van der Waals surface area contributed by atoms with E-state index in [2.05, 4.69) is 15.0 Å². The van der Waals surface area contributed by atoms with E-state index in [0.717, 1.165) is 17.0 Å². The molecule has 6 nitrogen and oxygen atoms in total. The average molecular weight is 245 g/mol. The Hall–Kier alpha value is -2.37. The maximum atomic E-state index is 5.77. The number of anilines is 2. The average Bonchev–Trinajstić information content (AvgIpc) is 2.38.